The zero-order valence-corrected chi connectivity index (χ0v) is 11.8. The molecule has 1 aromatic carbocycles. The minimum Gasteiger partial charge on any atom is -0.487 e. The van der Waals surface area contributed by atoms with Crippen molar-refractivity contribution < 1.29 is 9.53 Å². The lowest BCUT2D eigenvalue weighted by atomic mass is 10.1. The van der Waals surface area contributed by atoms with Gasteiger partial charge in [0, 0.05) is 13.0 Å². The van der Waals surface area contributed by atoms with Gasteiger partial charge < -0.3 is 14.5 Å². The van der Waals surface area contributed by atoms with Crippen molar-refractivity contribution in [2.75, 3.05) is 32.7 Å². The molecule has 1 amide bonds. The van der Waals surface area contributed by atoms with Gasteiger partial charge in [0.15, 0.2) is 0 Å². The van der Waals surface area contributed by atoms with Crippen LogP contribution in [0.25, 0.3) is 0 Å². The second-order valence-electron chi connectivity index (χ2n) is 5.65. The number of carbonyl (C=O) groups is 1. The third-order valence-electron chi connectivity index (χ3n) is 4.09. The Bertz CT molecular complexity index is 437. The first-order valence-electron chi connectivity index (χ1n) is 7.53. The van der Waals surface area contributed by atoms with Crippen LogP contribution in [0.1, 0.15) is 19.3 Å². The van der Waals surface area contributed by atoms with Crippen molar-refractivity contribution >= 4 is 5.91 Å². The van der Waals surface area contributed by atoms with E-state index in [0.717, 1.165) is 38.5 Å². The Kier molecular flexibility index (Phi) is 4.21. The van der Waals surface area contributed by atoms with Crippen LogP contribution in [0.2, 0.25) is 0 Å². The zero-order valence-electron chi connectivity index (χ0n) is 11.8. The van der Waals surface area contributed by atoms with Crippen LogP contribution in [-0.4, -0.2) is 54.5 Å². The van der Waals surface area contributed by atoms with E-state index in [1.54, 1.807) is 0 Å². The van der Waals surface area contributed by atoms with E-state index in [9.17, 15) is 4.79 Å². The molecule has 2 fully saturated rings. The smallest absolute Gasteiger partial charge is 0.224 e. The van der Waals surface area contributed by atoms with Gasteiger partial charge in [-0.25, -0.2) is 0 Å². The maximum Gasteiger partial charge on any atom is 0.224 e. The number of likely N-dealkylation sites (tertiary alicyclic amines) is 2. The van der Waals surface area contributed by atoms with E-state index in [1.807, 2.05) is 35.2 Å². The van der Waals surface area contributed by atoms with E-state index in [-0.39, 0.29) is 12.0 Å². The molecule has 0 radical (unpaired) electrons. The number of hydrogen-bond donors (Lipinski definition) is 0. The third-order valence-corrected chi connectivity index (χ3v) is 4.09. The van der Waals surface area contributed by atoms with Crippen molar-refractivity contribution in [1.82, 2.24) is 9.80 Å². The highest BCUT2D eigenvalue weighted by Gasteiger charge is 2.32. The summed E-state index contributed by atoms with van der Waals surface area (Å²) in [6.45, 7) is 4.70. The number of hydrogen-bond acceptors (Lipinski definition) is 3. The quantitative estimate of drug-likeness (QED) is 0.820. The molecule has 0 N–H and O–H groups in total. The minimum atomic E-state index is 0.160. The Labute approximate surface area is 120 Å². The van der Waals surface area contributed by atoms with Crippen LogP contribution >= 0.6 is 0 Å². The molecule has 20 heavy (non-hydrogen) atoms. The van der Waals surface area contributed by atoms with Crippen LogP contribution in [0.5, 0.6) is 5.75 Å². The summed E-state index contributed by atoms with van der Waals surface area (Å²) >= 11 is 0. The summed E-state index contributed by atoms with van der Waals surface area (Å²) in [5.41, 5.74) is 0. The minimum absolute atomic E-state index is 0.160. The summed E-state index contributed by atoms with van der Waals surface area (Å²) in [4.78, 5) is 16.3. The highest BCUT2D eigenvalue weighted by molar-refractivity contribution is 5.77. The average Bonchev–Trinajstić information content (AvgIpc) is 2.94. The number of amides is 1. The van der Waals surface area contributed by atoms with Gasteiger partial charge in [0.25, 0.3) is 0 Å². The molecule has 2 heterocycles. The van der Waals surface area contributed by atoms with Crippen LogP contribution < -0.4 is 4.74 Å². The van der Waals surface area contributed by atoms with Crippen LogP contribution in [0.15, 0.2) is 30.3 Å². The zero-order chi connectivity index (χ0) is 13.8. The monoisotopic (exact) mass is 274 g/mol. The highest BCUT2D eigenvalue weighted by atomic mass is 16.5. The van der Waals surface area contributed by atoms with Gasteiger partial charge in [-0.05, 0) is 38.1 Å². The van der Waals surface area contributed by atoms with Crippen molar-refractivity contribution in [3.8, 4) is 5.75 Å². The van der Waals surface area contributed by atoms with Gasteiger partial charge in [-0.1, -0.05) is 18.2 Å². The highest BCUT2D eigenvalue weighted by Crippen LogP contribution is 2.18. The molecule has 0 atom stereocenters. The molecular weight excluding hydrogens is 252 g/mol. The summed E-state index contributed by atoms with van der Waals surface area (Å²) in [7, 11) is 0. The lowest BCUT2D eigenvalue weighted by Gasteiger charge is -2.39. The van der Waals surface area contributed by atoms with Gasteiger partial charge in [0.1, 0.15) is 11.9 Å². The van der Waals surface area contributed by atoms with Crippen LogP contribution in [0, 0.1) is 0 Å². The summed E-state index contributed by atoms with van der Waals surface area (Å²) in [5.74, 6) is 1.16. The molecular formula is C16H22N2O2. The standard InChI is InChI=1S/C16H22N2O2/c19-16(8-11-17-9-4-5-10-17)18-12-15(13-18)20-14-6-2-1-3-7-14/h1-3,6-7,15H,4-5,8-13H2. The number of ether oxygens (including phenoxy) is 1. The Balaban J connectivity index is 1.35. The lowest BCUT2D eigenvalue weighted by molar-refractivity contribution is -0.140. The van der Waals surface area contributed by atoms with E-state index in [4.69, 9.17) is 4.74 Å². The molecule has 0 spiro atoms. The summed E-state index contributed by atoms with van der Waals surface area (Å²) in [6, 6.07) is 9.82. The molecule has 0 aliphatic carbocycles. The second kappa shape index (κ2) is 6.27. The molecule has 108 valence electrons. The van der Waals surface area contributed by atoms with E-state index in [2.05, 4.69) is 4.90 Å². The molecule has 4 nitrogen and oxygen atoms in total. The Morgan fingerprint density at radius 2 is 1.85 bits per heavy atom. The molecule has 2 aliphatic rings. The summed E-state index contributed by atoms with van der Waals surface area (Å²) < 4.78 is 5.80. The van der Waals surface area contributed by atoms with Crippen molar-refractivity contribution in [2.24, 2.45) is 0 Å². The number of para-hydroxylation sites is 1. The second-order valence-corrected chi connectivity index (χ2v) is 5.65. The van der Waals surface area contributed by atoms with Gasteiger partial charge in [0.05, 0.1) is 13.1 Å². The summed E-state index contributed by atoms with van der Waals surface area (Å²) in [5, 5.41) is 0. The normalized spacial score (nSPS) is 19.9. The van der Waals surface area contributed by atoms with E-state index >= 15 is 0 Å². The molecule has 2 saturated heterocycles. The number of rotatable bonds is 5. The van der Waals surface area contributed by atoms with Crippen molar-refractivity contribution in [3.05, 3.63) is 30.3 Å². The first-order valence-corrected chi connectivity index (χ1v) is 7.53. The predicted molar refractivity (Wildman–Crippen MR) is 77.7 cm³/mol. The Morgan fingerprint density at radius 3 is 2.55 bits per heavy atom. The number of nitrogens with zero attached hydrogens (tertiary/aromatic N) is 2. The fourth-order valence-electron chi connectivity index (χ4n) is 2.83. The fraction of sp³-hybridized carbons (Fsp3) is 0.562. The molecule has 1 aromatic rings. The first kappa shape index (κ1) is 13.4. The molecule has 2 aliphatic heterocycles. The van der Waals surface area contributed by atoms with E-state index in [1.165, 1.54) is 12.8 Å². The van der Waals surface area contributed by atoms with Gasteiger partial charge in [0.2, 0.25) is 5.91 Å². The maximum absolute atomic E-state index is 12.0. The van der Waals surface area contributed by atoms with Gasteiger partial charge >= 0.3 is 0 Å². The van der Waals surface area contributed by atoms with Crippen molar-refractivity contribution in [2.45, 2.75) is 25.4 Å². The Morgan fingerprint density at radius 1 is 1.15 bits per heavy atom. The molecule has 0 aromatic heterocycles. The number of benzene rings is 1. The summed E-state index contributed by atoms with van der Waals surface area (Å²) in [6.07, 6.45) is 3.38. The van der Waals surface area contributed by atoms with Crippen LogP contribution in [0.4, 0.5) is 0 Å². The fourth-order valence-corrected chi connectivity index (χ4v) is 2.83. The number of carbonyl (C=O) groups excluding carboxylic acids is 1. The van der Waals surface area contributed by atoms with Crippen LogP contribution in [0.3, 0.4) is 0 Å². The van der Waals surface area contributed by atoms with Gasteiger partial charge in [-0.3, -0.25) is 4.79 Å². The Hall–Kier alpha value is -1.55. The van der Waals surface area contributed by atoms with Crippen LogP contribution in [-0.2, 0) is 4.79 Å². The topological polar surface area (TPSA) is 32.8 Å². The first-order chi connectivity index (χ1) is 9.81. The molecule has 0 bridgehead atoms. The third kappa shape index (κ3) is 3.31. The maximum atomic E-state index is 12.0. The molecule has 0 saturated carbocycles. The van der Waals surface area contributed by atoms with E-state index in [0.29, 0.717) is 6.42 Å². The van der Waals surface area contributed by atoms with Gasteiger partial charge in [-0.2, -0.15) is 0 Å². The SMILES string of the molecule is O=C(CCN1CCCC1)N1CC(Oc2ccccc2)C1. The van der Waals surface area contributed by atoms with Crippen molar-refractivity contribution in [3.63, 3.8) is 0 Å². The average molecular weight is 274 g/mol. The predicted octanol–water partition coefficient (Wildman–Crippen LogP) is 1.76. The van der Waals surface area contributed by atoms with E-state index < -0.39 is 0 Å². The van der Waals surface area contributed by atoms with Crippen molar-refractivity contribution in [1.29, 1.82) is 0 Å². The lowest BCUT2D eigenvalue weighted by Crippen LogP contribution is -2.56. The molecule has 3 rings (SSSR count). The molecule has 4 heteroatoms. The van der Waals surface area contributed by atoms with Gasteiger partial charge in [-0.15, -0.1) is 0 Å². The molecule has 0 unspecified atom stereocenters. The largest absolute Gasteiger partial charge is 0.487 e.